The Morgan fingerprint density at radius 1 is 1.25 bits per heavy atom. The minimum Gasteiger partial charge on any atom is -0.497 e. The lowest BCUT2D eigenvalue weighted by molar-refractivity contribution is 0.0744. The minimum atomic E-state index is 0.448. The second-order valence-electron chi connectivity index (χ2n) is 5.52. The molecule has 112 valence electrons. The van der Waals surface area contributed by atoms with E-state index in [0.29, 0.717) is 12.1 Å². The summed E-state index contributed by atoms with van der Waals surface area (Å²) in [5, 5.41) is 3.82. The van der Waals surface area contributed by atoms with Crippen LogP contribution in [0.3, 0.4) is 0 Å². The summed E-state index contributed by atoms with van der Waals surface area (Å²) in [6, 6.07) is 9.52. The Morgan fingerprint density at radius 3 is 2.55 bits per heavy atom. The molecule has 2 rings (SSSR count). The average molecular weight is 277 g/mol. The lowest BCUT2D eigenvalue weighted by atomic mass is 9.98. The Hall–Kier alpha value is -1.06. The second kappa shape index (κ2) is 8.28. The first-order valence-electron chi connectivity index (χ1n) is 7.81. The molecule has 0 amide bonds. The summed E-state index contributed by atoms with van der Waals surface area (Å²) < 4.78 is 10.7. The van der Waals surface area contributed by atoms with Crippen molar-refractivity contribution in [2.75, 3.05) is 20.3 Å². The highest BCUT2D eigenvalue weighted by Crippen LogP contribution is 2.24. The third-order valence-electron chi connectivity index (χ3n) is 4.02. The molecule has 0 radical (unpaired) electrons. The van der Waals surface area contributed by atoms with Gasteiger partial charge in [0.25, 0.3) is 0 Å². The predicted molar refractivity (Wildman–Crippen MR) is 82.2 cm³/mol. The van der Waals surface area contributed by atoms with Gasteiger partial charge in [0, 0.05) is 25.3 Å². The fourth-order valence-corrected chi connectivity index (χ4v) is 2.74. The monoisotopic (exact) mass is 277 g/mol. The molecule has 0 aromatic heterocycles. The standard InChI is InChI=1S/C17H27NO2/c1-3-4-5-17(18-15-10-12-20-13-11-15)14-6-8-16(19-2)9-7-14/h6-9,15,17-18H,3-5,10-13H2,1-2H3/t17-/m1/s1. The number of nitrogens with one attached hydrogen (secondary N) is 1. The van der Waals surface area contributed by atoms with E-state index >= 15 is 0 Å². The maximum absolute atomic E-state index is 5.44. The smallest absolute Gasteiger partial charge is 0.118 e. The molecule has 20 heavy (non-hydrogen) atoms. The van der Waals surface area contributed by atoms with Crippen LogP contribution in [0.15, 0.2) is 24.3 Å². The first-order chi connectivity index (χ1) is 9.83. The molecule has 1 saturated heterocycles. The Labute approximate surface area is 122 Å². The van der Waals surface area contributed by atoms with E-state index in [9.17, 15) is 0 Å². The van der Waals surface area contributed by atoms with E-state index in [1.54, 1.807) is 7.11 Å². The van der Waals surface area contributed by atoms with Gasteiger partial charge < -0.3 is 14.8 Å². The van der Waals surface area contributed by atoms with E-state index in [0.717, 1.165) is 31.8 Å². The summed E-state index contributed by atoms with van der Waals surface area (Å²) >= 11 is 0. The van der Waals surface area contributed by atoms with Crippen LogP contribution in [0, 0.1) is 0 Å². The fraction of sp³-hybridized carbons (Fsp3) is 0.647. The van der Waals surface area contributed by atoms with Gasteiger partial charge in [-0.3, -0.25) is 0 Å². The number of benzene rings is 1. The number of hydrogen-bond donors (Lipinski definition) is 1. The molecule has 0 aliphatic carbocycles. The second-order valence-corrected chi connectivity index (χ2v) is 5.52. The molecule has 1 N–H and O–H groups in total. The van der Waals surface area contributed by atoms with Crippen molar-refractivity contribution in [3.05, 3.63) is 29.8 Å². The van der Waals surface area contributed by atoms with E-state index < -0.39 is 0 Å². The van der Waals surface area contributed by atoms with Crippen molar-refractivity contribution >= 4 is 0 Å². The molecule has 0 unspecified atom stereocenters. The molecule has 1 aliphatic rings. The average Bonchev–Trinajstić information content (AvgIpc) is 2.52. The first-order valence-corrected chi connectivity index (χ1v) is 7.81. The number of methoxy groups -OCH3 is 1. The lowest BCUT2D eigenvalue weighted by Crippen LogP contribution is -2.37. The van der Waals surface area contributed by atoms with Crippen molar-refractivity contribution in [1.82, 2.24) is 5.32 Å². The van der Waals surface area contributed by atoms with Gasteiger partial charge in [0.1, 0.15) is 5.75 Å². The highest BCUT2D eigenvalue weighted by Gasteiger charge is 2.19. The number of ether oxygens (including phenoxy) is 2. The van der Waals surface area contributed by atoms with Crippen LogP contribution in [-0.2, 0) is 4.74 Å². The molecule has 0 spiro atoms. The van der Waals surface area contributed by atoms with Crippen LogP contribution in [0.4, 0.5) is 0 Å². The third kappa shape index (κ3) is 4.50. The molecule has 1 fully saturated rings. The topological polar surface area (TPSA) is 30.5 Å². The number of unbranched alkanes of at least 4 members (excludes halogenated alkanes) is 1. The molecular formula is C17H27NO2. The van der Waals surface area contributed by atoms with Crippen LogP contribution in [0.25, 0.3) is 0 Å². The van der Waals surface area contributed by atoms with Gasteiger partial charge in [0.15, 0.2) is 0 Å². The third-order valence-corrected chi connectivity index (χ3v) is 4.02. The van der Waals surface area contributed by atoms with Crippen LogP contribution in [0.5, 0.6) is 5.75 Å². The lowest BCUT2D eigenvalue weighted by Gasteiger charge is -2.29. The Morgan fingerprint density at radius 2 is 1.95 bits per heavy atom. The van der Waals surface area contributed by atoms with Crippen molar-refractivity contribution in [1.29, 1.82) is 0 Å². The summed E-state index contributed by atoms with van der Waals surface area (Å²) in [7, 11) is 1.71. The highest BCUT2D eigenvalue weighted by atomic mass is 16.5. The van der Waals surface area contributed by atoms with Gasteiger partial charge in [-0.25, -0.2) is 0 Å². The quantitative estimate of drug-likeness (QED) is 0.824. The number of hydrogen-bond acceptors (Lipinski definition) is 3. The first kappa shape index (κ1) is 15.3. The normalized spacial score (nSPS) is 17.9. The van der Waals surface area contributed by atoms with E-state index in [1.165, 1.54) is 24.8 Å². The zero-order valence-corrected chi connectivity index (χ0v) is 12.7. The van der Waals surface area contributed by atoms with Gasteiger partial charge in [-0.15, -0.1) is 0 Å². The molecule has 1 aliphatic heterocycles. The van der Waals surface area contributed by atoms with Crippen LogP contribution in [0.2, 0.25) is 0 Å². The van der Waals surface area contributed by atoms with Crippen LogP contribution in [-0.4, -0.2) is 26.4 Å². The molecule has 3 heteroatoms. The van der Waals surface area contributed by atoms with Crippen molar-refractivity contribution < 1.29 is 9.47 Å². The zero-order valence-electron chi connectivity index (χ0n) is 12.7. The van der Waals surface area contributed by atoms with Crippen molar-refractivity contribution in [3.63, 3.8) is 0 Å². The molecule has 1 atom stereocenters. The van der Waals surface area contributed by atoms with Gasteiger partial charge >= 0.3 is 0 Å². The van der Waals surface area contributed by atoms with E-state index in [2.05, 4.69) is 36.5 Å². The largest absolute Gasteiger partial charge is 0.497 e. The van der Waals surface area contributed by atoms with Crippen molar-refractivity contribution in [3.8, 4) is 5.75 Å². The predicted octanol–water partition coefficient (Wildman–Crippen LogP) is 3.70. The van der Waals surface area contributed by atoms with Crippen molar-refractivity contribution in [2.45, 2.75) is 51.1 Å². The Balaban J connectivity index is 2.00. The van der Waals surface area contributed by atoms with E-state index in [1.807, 2.05) is 0 Å². The van der Waals surface area contributed by atoms with Crippen LogP contribution >= 0.6 is 0 Å². The molecule has 1 aromatic rings. The van der Waals surface area contributed by atoms with E-state index in [4.69, 9.17) is 9.47 Å². The molecule has 0 saturated carbocycles. The molecular weight excluding hydrogens is 250 g/mol. The summed E-state index contributed by atoms with van der Waals surface area (Å²) in [5.74, 6) is 0.925. The Bertz CT molecular complexity index is 371. The van der Waals surface area contributed by atoms with Gasteiger partial charge in [-0.05, 0) is 37.0 Å². The van der Waals surface area contributed by atoms with Gasteiger partial charge in [-0.2, -0.15) is 0 Å². The molecule has 0 bridgehead atoms. The summed E-state index contributed by atoms with van der Waals surface area (Å²) in [4.78, 5) is 0. The van der Waals surface area contributed by atoms with Crippen molar-refractivity contribution in [2.24, 2.45) is 0 Å². The molecule has 1 aromatic carbocycles. The number of rotatable bonds is 7. The summed E-state index contributed by atoms with van der Waals surface area (Å²) in [5.41, 5.74) is 1.37. The van der Waals surface area contributed by atoms with Crippen LogP contribution in [0.1, 0.15) is 50.6 Å². The van der Waals surface area contributed by atoms with Gasteiger partial charge in [0.05, 0.1) is 7.11 Å². The highest BCUT2D eigenvalue weighted by molar-refractivity contribution is 5.29. The Kier molecular flexibility index (Phi) is 6.34. The minimum absolute atomic E-state index is 0.448. The summed E-state index contributed by atoms with van der Waals surface area (Å²) in [6.45, 7) is 4.03. The maximum atomic E-state index is 5.44. The fourth-order valence-electron chi connectivity index (χ4n) is 2.74. The molecule has 1 heterocycles. The zero-order chi connectivity index (χ0) is 14.2. The van der Waals surface area contributed by atoms with Crippen LogP contribution < -0.4 is 10.1 Å². The maximum Gasteiger partial charge on any atom is 0.118 e. The molecule has 3 nitrogen and oxygen atoms in total. The van der Waals surface area contributed by atoms with E-state index in [-0.39, 0.29) is 0 Å². The summed E-state index contributed by atoms with van der Waals surface area (Å²) in [6.07, 6.45) is 5.94. The van der Waals surface area contributed by atoms with Gasteiger partial charge in [0.2, 0.25) is 0 Å². The van der Waals surface area contributed by atoms with Gasteiger partial charge in [-0.1, -0.05) is 31.9 Å². The SMILES string of the molecule is CCCC[C@@H](NC1CCOCC1)c1ccc(OC)cc1.